The molecule has 1 fully saturated rings. The molecule has 12 heteroatoms. The first-order valence-corrected chi connectivity index (χ1v) is 13.3. The maximum atomic E-state index is 13.7. The van der Waals surface area contributed by atoms with Crippen molar-refractivity contribution in [3.63, 3.8) is 0 Å². The van der Waals surface area contributed by atoms with Crippen molar-refractivity contribution >= 4 is 29.8 Å². The van der Waals surface area contributed by atoms with E-state index in [-0.39, 0.29) is 13.0 Å². The molecule has 1 aliphatic heterocycles. The molecule has 0 saturated carbocycles. The summed E-state index contributed by atoms with van der Waals surface area (Å²) in [5.74, 6) is -3.45. The number of amides is 4. The molecule has 0 bridgehead atoms. The zero-order valence-corrected chi connectivity index (χ0v) is 24.2. The van der Waals surface area contributed by atoms with Crippen molar-refractivity contribution in [3.05, 3.63) is 35.6 Å². The number of hydrogen-bond acceptors (Lipinski definition) is 6. The monoisotopic (exact) mass is 564 g/mol. The van der Waals surface area contributed by atoms with Crippen molar-refractivity contribution in [2.45, 2.75) is 97.5 Å². The highest BCUT2D eigenvalue weighted by Crippen LogP contribution is 2.26. The molecular formula is C28H41FN4O7. The second kappa shape index (κ2) is 13.1. The number of carbonyl (C=O) groups is 5. The Hall–Kier alpha value is -3.70. The maximum Gasteiger partial charge on any atom is 0.408 e. The molecule has 1 aromatic carbocycles. The maximum absolute atomic E-state index is 13.7. The van der Waals surface area contributed by atoms with Crippen LogP contribution in [0, 0.1) is 11.2 Å². The van der Waals surface area contributed by atoms with Crippen LogP contribution in [0.3, 0.4) is 0 Å². The molecule has 222 valence electrons. The lowest BCUT2D eigenvalue weighted by atomic mass is 9.85. The lowest BCUT2D eigenvalue weighted by Crippen LogP contribution is -2.60. The predicted molar refractivity (Wildman–Crippen MR) is 145 cm³/mol. The molecule has 0 unspecified atom stereocenters. The van der Waals surface area contributed by atoms with Crippen molar-refractivity contribution in [3.8, 4) is 0 Å². The second-order valence-corrected chi connectivity index (χ2v) is 12.1. The summed E-state index contributed by atoms with van der Waals surface area (Å²) in [6.07, 6.45) is -0.00713. The topological polar surface area (TPSA) is 154 Å². The van der Waals surface area contributed by atoms with E-state index >= 15 is 0 Å². The SMILES string of the molecule is C[C@H](NC(=O)OC(C)(C)C)C(=O)N[C@H](C(=O)N1CCC[C@H]1C(=O)N[C@@H](Cc1ccc(F)cc1)C(=O)O)C(C)(C)C. The first kappa shape index (κ1) is 32.5. The number of rotatable bonds is 9. The number of carboxylic acids is 1. The van der Waals surface area contributed by atoms with Gasteiger partial charge < -0.3 is 30.7 Å². The van der Waals surface area contributed by atoms with Crippen molar-refractivity contribution in [2.75, 3.05) is 6.54 Å². The third kappa shape index (κ3) is 9.49. The first-order valence-electron chi connectivity index (χ1n) is 13.3. The van der Waals surface area contributed by atoms with Gasteiger partial charge in [0, 0.05) is 13.0 Å². The van der Waals surface area contributed by atoms with Crippen LogP contribution in [0.2, 0.25) is 0 Å². The zero-order valence-electron chi connectivity index (χ0n) is 24.2. The van der Waals surface area contributed by atoms with Crippen LogP contribution >= 0.6 is 0 Å². The van der Waals surface area contributed by atoms with Crippen LogP contribution in [0.1, 0.15) is 66.9 Å². The van der Waals surface area contributed by atoms with Crippen molar-refractivity contribution in [2.24, 2.45) is 5.41 Å². The van der Waals surface area contributed by atoms with Crippen LogP contribution in [-0.4, -0.2) is 76.1 Å². The number of hydrogen-bond donors (Lipinski definition) is 4. The fourth-order valence-electron chi connectivity index (χ4n) is 4.26. The minimum absolute atomic E-state index is 0.0643. The summed E-state index contributed by atoms with van der Waals surface area (Å²) in [6.45, 7) is 12.1. The molecule has 0 radical (unpaired) electrons. The highest BCUT2D eigenvalue weighted by atomic mass is 19.1. The number of halogens is 1. The number of benzene rings is 1. The summed E-state index contributed by atoms with van der Waals surface area (Å²) in [5.41, 5.74) is -0.986. The normalized spacial score (nSPS) is 17.8. The van der Waals surface area contributed by atoms with Crippen LogP contribution < -0.4 is 16.0 Å². The summed E-state index contributed by atoms with van der Waals surface area (Å²) in [4.78, 5) is 65.1. The Morgan fingerprint density at radius 1 is 1.02 bits per heavy atom. The molecule has 1 aromatic rings. The van der Waals surface area contributed by atoms with Gasteiger partial charge >= 0.3 is 12.1 Å². The van der Waals surface area contributed by atoms with Crippen molar-refractivity contribution in [1.29, 1.82) is 0 Å². The molecule has 1 aliphatic rings. The number of nitrogens with one attached hydrogen (secondary N) is 3. The molecule has 4 N–H and O–H groups in total. The minimum atomic E-state index is -1.28. The summed E-state index contributed by atoms with van der Waals surface area (Å²) in [7, 11) is 0. The van der Waals surface area contributed by atoms with E-state index in [9.17, 15) is 33.5 Å². The number of ether oxygens (including phenoxy) is 1. The van der Waals surface area contributed by atoms with Gasteiger partial charge in [-0.05, 0) is 63.6 Å². The molecule has 40 heavy (non-hydrogen) atoms. The molecule has 0 aliphatic carbocycles. The molecule has 11 nitrogen and oxygen atoms in total. The number of carbonyl (C=O) groups excluding carboxylic acids is 4. The Labute approximate surface area is 234 Å². The number of nitrogens with zero attached hydrogens (tertiary/aromatic N) is 1. The number of carboxylic acid groups (broad SMARTS) is 1. The van der Waals surface area contributed by atoms with E-state index in [1.807, 2.05) is 0 Å². The third-order valence-electron chi connectivity index (χ3n) is 6.33. The molecule has 0 aromatic heterocycles. The Kier molecular flexibility index (Phi) is 10.6. The number of likely N-dealkylation sites (tertiary alicyclic amines) is 1. The summed E-state index contributed by atoms with van der Waals surface area (Å²) in [6, 6.07) is 1.04. The fraction of sp³-hybridized carbons (Fsp3) is 0.607. The smallest absolute Gasteiger partial charge is 0.408 e. The minimum Gasteiger partial charge on any atom is -0.480 e. The largest absolute Gasteiger partial charge is 0.480 e. The average Bonchev–Trinajstić information content (AvgIpc) is 3.31. The number of aliphatic carboxylic acids is 1. The van der Waals surface area contributed by atoms with E-state index in [2.05, 4.69) is 16.0 Å². The average molecular weight is 565 g/mol. The van der Waals surface area contributed by atoms with Gasteiger partial charge in [0.05, 0.1) is 0 Å². The van der Waals surface area contributed by atoms with Crippen LogP contribution in [0.4, 0.5) is 9.18 Å². The van der Waals surface area contributed by atoms with Gasteiger partial charge in [-0.25, -0.2) is 14.0 Å². The van der Waals surface area contributed by atoms with Gasteiger partial charge in [-0.2, -0.15) is 0 Å². The molecule has 4 amide bonds. The quantitative estimate of drug-likeness (QED) is 0.359. The van der Waals surface area contributed by atoms with Crippen LogP contribution in [0.5, 0.6) is 0 Å². The predicted octanol–water partition coefficient (Wildman–Crippen LogP) is 2.37. The Morgan fingerprint density at radius 2 is 1.62 bits per heavy atom. The fourth-order valence-corrected chi connectivity index (χ4v) is 4.26. The van der Waals surface area contributed by atoms with E-state index in [1.54, 1.807) is 41.5 Å². The van der Waals surface area contributed by atoms with Gasteiger partial charge in [0.1, 0.15) is 35.6 Å². The second-order valence-electron chi connectivity index (χ2n) is 12.1. The van der Waals surface area contributed by atoms with E-state index in [0.29, 0.717) is 18.4 Å². The molecule has 2 rings (SSSR count). The Bertz CT molecular complexity index is 1100. The van der Waals surface area contributed by atoms with Gasteiger partial charge in [-0.3, -0.25) is 14.4 Å². The van der Waals surface area contributed by atoms with E-state index in [4.69, 9.17) is 4.74 Å². The molecule has 4 atom stereocenters. The van der Waals surface area contributed by atoms with Crippen LogP contribution in [-0.2, 0) is 30.3 Å². The van der Waals surface area contributed by atoms with Gasteiger partial charge in [0.25, 0.3) is 0 Å². The lowest BCUT2D eigenvalue weighted by molar-refractivity contribution is -0.146. The summed E-state index contributed by atoms with van der Waals surface area (Å²) < 4.78 is 18.4. The lowest BCUT2D eigenvalue weighted by Gasteiger charge is -2.36. The van der Waals surface area contributed by atoms with Crippen LogP contribution in [0.15, 0.2) is 24.3 Å². The van der Waals surface area contributed by atoms with Gasteiger partial charge in [-0.1, -0.05) is 32.9 Å². The molecular weight excluding hydrogens is 523 g/mol. The first-order chi connectivity index (χ1) is 18.4. The number of alkyl carbamates (subject to hydrolysis) is 1. The Balaban J connectivity index is 2.13. The highest BCUT2D eigenvalue weighted by molar-refractivity contribution is 5.95. The van der Waals surface area contributed by atoms with E-state index in [0.717, 1.165) is 0 Å². The third-order valence-corrected chi connectivity index (χ3v) is 6.33. The van der Waals surface area contributed by atoms with E-state index < -0.39 is 70.8 Å². The van der Waals surface area contributed by atoms with E-state index in [1.165, 1.54) is 36.1 Å². The van der Waals surface area contributed by atoms with Crippen molar-refractivity contribution in [1.82, 2.24) is 20.9 Å². The molecule has 1 heterocycles. The summed E-state index contributed by atoms with van der Waals surface area (Å²) >= 11 is 0. The van der Waals surface area contributed by atoms with Crippen LogP contribution in [0.25, 0.3) is 0 Å². The molecule has 0 spiro atoms. The summed E-state index contributed by atoms with van der Waals surface area (Å²) in [5, 5.41) is 17.3. The van der Waals surface area contributed by atoms with Crippen molar-refractivity contribution < 1.29 is 38.2 Å². The van der Waals surface area contributed by atoms with Gasteiger partial charge in [0.2, 0.25) is 17.7 Å². The van der Waals surface area contributed by atoms with Gasteiger partial charge in [0.15, 0.2) is 0 Å². The highest BCUT2D eigenvalue weighted by Gasteiger charge is 2.43. The molecule has 1 saturated heterocycles. The Morgan fingerprint density at radius 3 is 2.15 bits per heavy atom. The standard InChI is InChI=1S/C28H41FN4O7/c1-16(30-26(39)40-28(5,6)7)22(34)32-21(27(2,3)4)24(36)33-14-8-9-20(33)23(35)31-19(25(37)38)15-17-10-12-18(29)13-11-17/h10-13,16,19-21H,8-9,14-15H2,1-7H3,(H,30,39)(H,31,35)(H,32,34)(H,37,38)/t16-,19-,20-,21+/m0/s1. The zero-order chi connectivity index (χ0) is 30.4. The van der Waals surface area contributed by atoms with Gasteiger partial charge in [-0.15, -0.1) is 0 Å².